The van der Waals surface area contributed by atoms with Gasteiger partial charge in [-0.1, -0.05) is 54.2 Å². The number of fused-ring (bicyclic) bond motifs is 1. The van der Waals surface area contributed by atoms with E-state index in [1.54, 1.807) is 12.3 Å². The van der Waals surface area contributed by atoms with Crippen LogP contribution in [0.2, 0.25) is 0 Å². The van der Waals surface area contributed by atoms with Crippen LogP contribution in [-0.4, -0.2) is 26.9 Å². The summed E-state index contributed by atoms with van der Waals surface area (Å²) in [6, 6.07) is 14.8. The first kappa shape index (κ1) is 26.7. The van der Waals surface area contributed by atoms with Gasteiger partial charge in [0.15, 0.2) is 11.1 Å². The maximum absolute atomic E-state index is 13.8. The standard InChI is InChI=1S/C29H25F3N2O4/c1-17-20(5-4-6-24(17)21-9-11-23-16-34-38-26(23)14-21)8-10-22-13-19(7-12-25(22)29(30,31)32)15-33-28(3,18(2)35)27(36)37/h4-14,16,33,35H,2,15H2,1,3H3,(H,36,37)/b10-8+. The second kappa shape index (κ2) is 10.2. The summed E-state index contributed by atoms with van der Waals surface area (Å²) in [5.41, 5.74) is 1.66. The minimum absolute atomic E-state index is 0.0791. The minimum Gasteiger partial charge on any atom is -0.510 e. The third-order valence-electron chi connectivity index (χ3n) is 6.56. The van der Waals surface area contributed by atoms with E-state index in [9.17, 15) is 28.2 Å². The third-order valence-corrected chi connectivity index (χ3v) is 6.56. The Morgan fingerprint density at radius 3 is 2.50 bits per heavy atom. The predicted octanol–water partition coefficient (Wildman–Crippen LogP) is 7.00. The number of aromatic nitrogens is 1. The molecule has 4 aromatic rings. The second-order valence-electron chi connectivity index (χ2n) is 9.08. The van der Waals surface area contributed by atoms with Gasteiger partial charge in [0, 0.05) is 11.9 Å². The molecule has 0 aliphatic heterocycles. The smallest absolute Gasteiger partial charge is 0.416 e. The van der Waals surface area contributed by atoms with E-state index >= 15 is 0 Å². The second-order valence-corrected chi connectivity index (χ2v) is 9.08. The van der Waals surface area contributed by atoms with Crippen molar-refractivity contribution in [1.82, 2.24) is 10.5 Å². The van der Waals surface area contributed by atoms with Crippen LogP contribution >= 0.6 is 0 Å². The topological polar surface area (TPSA) is 95.6 Å². The van der Waals surface area contributed by atoms with Crippen LogP contribution in [0, 0.1) is 6.92 Å². The summed E-state index contributed by atoms with van der Waals surface area (Å²) >= 11 is 0. The fourth-order valence-corrected chi connectivity index (χ4v) is 4.05. The largest absolute Gasteiger partial charge is 0.510 e. The summed E-state index contributed by atoms with van der Waals surface area (Å²) in [4.78, 5) is 11.6. The number of carboxylic acids is 1. The Balaban J connectivity index is 1.67. The van der Waals surface area contributed by atoms with E-state index < -0.39 is 29.0 Å². The normalized spacial score (nSPS) is 13.6. The summed E-state index contributed by atoms with van der Waals surface area (Å²) in [5, 5.41) is 26.4. The lowest BCUT2D eigenvalue weighted by atomic mass is 9.95. The first-order valence-electron chi connectivity index (χ1n) is 11.6. The Bertz CT molecular complexity index is 1540. The Morgan fingerprint density at radius 1 is 1.08 bits per heavy atom. The molecule has 1 unspecified atom stereocenters. The highest BCUT2D eigenvalue weighted by molar-refractivity contribution is 5.85. The highest BCUT2D eigenvalue weighted by atomic mass is 19.4. The van der Waals surface area contributed by atoms with Gasteiger partial charge >= 0.3 is 12.1 Å². The van der Waals surface area contributed by atoms with E-state index in [2.05, 4.69) is 17.1 Å². The molecular weight excluding hydrogens is 497 g/mol. The first-order valence-corrected chi connectivity index (χ1v) is 11.6. The Kier molecular flexibility index (Phi) is 7.15. The van der Waals surface area contributed by atoms with Gasteiger partial charge in [0.1, 0.15) is 5.76 Å². The quantitative estimate of drug-likeness (QED) is 0.170. The van der Waals surface area contributed by atoms with Gasteiger partial charge in [0.25, 0.3) is 0 Å². The molecule has 0 aliphatic rings. The SMILES string of the molecule is C=C(O)C(C)(NCc1ccc(C(F)(F)F)c(/C=C/c2cccc(-c3ccc4cnoc4c3)c2C)c1)C(=O)O. The van der Waals surface area contributed by atoms with Crippen LogP contribution in [0.25, 0.3) is 34.2 Å². The summed E-state index contributed by atoms with van der Waals surface area (Å²) in [6.45, 7) is 6.28. The lowest BCUT2D eigenvalue weighted by molar-refractivity contribution is -0.143. The zero-order chi connectivity index (χ0) is 27.7. The molecule has 6 nitrogen and oxygen atoms in total. The monoisotopic (exact) mass is 522 g/mol. The number of halogens is 3. The molecule has 0 fully saturated rings. The maximum atomic E-state index is 13.8. The van der Waals surface area contributed by atoms with Gasteiger partial charge in [0.05, 0.1) is 11.8 Å². The summed E-state index contributed by atoms with van der Waals surface area (Å²) in [6.07, 6.45) is 0.0310. The molecule has 0 amide bonds. The third kappa shape index (κ3) is 5.33. The van der Waals surface area contributed by atoms with Crippen molar-refractivity contribution >= 4 is 29.1 Å². The van der Waals surface area contributed by atoms with Crippen LogP contribution < -0.4 is 5.32 Å². The predicted molar refractivity (Wildman–Crippen MR) is 139 cm³/mol. The van der Waals surface area contributed by atoms with E-state index in [0.29, 0.717) is 11.1 Å². The van der Waals surface area contributed by atoms with Gasteiger partial charge in [-0.2, -0.15) is 13.2 Å². The minimum atomic E-state index is -4.59. The van der Waals surface area contributed by atoms with Gasteiger partial charge in [0.2, 0.25) is 0 Å². The first-order chi connectivity index (χ1) is 17.9. The lowest BCUT2D eigenvalue weighted by Gasteiger charge is -2.25. The number of benzene rings is 3. The Labute approximate surface area is 216 Å². The lowest BCUT2D eigenvalue weighted by Crippen LogP contribution is -2.50. The molecule has 0 radical (unpaired) electrons. The summed E-state index contributed by atoms with van der Waals surface area (Å²) in [5.74, 6) is -1.98. The molecule has 0 saturated carbocycles. The number of aliphatic hydroxyl groups excluding tert-OH is 1. The number of aliphatic hydroxyl groups is 1. The van der Waals surface area contributed by atoms with Gasteiger partial charge in [-0.05, 0) is 71.5 Å². The van der Waals surface area contributed by atoms with Crippen molar-refractivity contribution in [3.63, 3.8) is 0 Å². The molecule has 38 heavy (non-hydrogen) atoms. The molecule has 9 heteroatoms. The zero-order valence-corrected chi connectivity index (χ0v) is 20.6. The van der Waals surface area contributed by atoms with Crippen molar-refractivity contribution in [3.8, 4) is 11.1 Å². The number of alkyl halides is 3. The van der Waals surface area contributed by atoms with E-state index in [0.717, 1.165) is 33.7 Å². The molecule has 1 heterocycles. The van der Waals surface area contributed by atoms with Crippen LogP contribution in [0.3, 0.4) is 0 Å². The number of hydrogen-bond donors (Lipinski definition) is 3. The Hall–Kier alpha value is -4.37. The molecular formula is C29H25F3N2O4. The molecule has 3 N–H and O–H groups in total. The number of nitrogens with one attached hydrogen (secondary N) is 1. The van der Waals surface area contributed by atoms with Crippen LogP contribution in [0.5, 0.6) is 0 Å². The highest BCUT2D eigenvalue weighted by Crippen LogP contribution is 2.34. The maximum Gasteiger partial charge on any atom is 0.416 e. The number of carbonyl (C=O) groups is 1. The number of aliphatic carboxylic acids is 1. The molecule has 0 spiro atoms. The number of hydrogen-bond acceptors (Lipinski definition) is 5. The van der Waals surface area contributed by atoms with Crippen LogP contribution in [0.1, 0.15) is 34.7 Å². The number of nitrogens with zero attached hydrogens (tertiary/aromatic N) is 1. The number of rotatable bonds is 8. The summed E-state index contributed by atoms with van der Waals surface area (Å²) in [7, 11) is 0. The molecule has 0 bridgehead atoms. The fourth-order valence-electron chi connectivity index (χ4n) is 4.05. The fraction of sp³-hybridized carbons (Fsp3) is 0.172. The molecule has 3 aromatic carbocycles. The molecule has 1 aromatic heterocycles. The van der Waals surface area contributed by atoms with Gasteiger partial charge in [-0.15, -0.1) is 0 Å². The van der Waals surface area contributed by atoms with Crippen molar-refractivity contribution in [2.75, 3.05) is 0 Å². The zero-order valence-electron chi connectivity index (χ0n) is 20.6. The number of carboxylic acid groups (broad SMARTS) is 1. The average Bonchev–Trinajstić information content (AvgIpc) is 3.33. The molecule has 0 saturated heterocycles. The Morgan fingerprint density at radius 2 is 1.82 bits per heavy atom. The van der Waals surface area contributed by atoms with Crippen LogP contribution in [-0.2, 0) is 17.5 Å². The average molecular weight is 523 g/mol. The van der Waals surface area contributed by atoms with Crippen LogP contribution in [0.15, 0.2) is 77.7 Å². The van der Waals surface area contributed by atoms with E-state index in [1.165, 1.54) is 25.1 Å². The molecule has 0 aliphatic carbocycles. The van der Waals surface area contributed by atoms with Crippen molar-refractivity contribution in [2.45, 2.75) is 32.1 Å². The van der Waals surface area contributed by atoms with E-state index in [1.807, 2.05) is 43.3 Å². The highest BCUT2D eigenvalue weighted by Gasteiger charge is 2.36. The molecule has 196 valence electrons. The van der Waals surface area contributed by atoms with E-state index in [-0.39, 0.29) is 12.1 Å². The van der Waals surface area contributed by atoms with E-state index in [4.69, 9.17) is 4.52 Å². The van der Waals surface area contributed by atoms with Gasteiger partial charge in [-0.3, -0.25) is 5.32 Å². The van der Waals surface area contributed by atoms with Gasteiger partial charge < -0.3 is 14.7 Å². The molecule has 4 rings (SSSR count). The van der Waals surface area contributed by atoms with Crippen molar-refractivity contribution in [3.05, 3.63) is 101 Å². The van der Waals surface area contributed by atoms with Crippen molar-refractivity contribution in [1.29, 1.82) is 0 Å². The molecule has 1 atom stereocenters. The van der Waals surface area contributed by atoms with Crippen molar-refractivity contribution in [2.24, 2.45) is 0 Å². The van der Waals surface area contributed by atoms with Gasteiger partial charge in [-0.25, -0.2) is 4.79 Å². The summed E-state index contributed by atoms with van der Waals surface area (Å²) < 4.78 is 46.6. The van der Waals surface area contributed by atoms with Crippen LogP contribution in [0.4, 0.5) is 13.2 Å². The van der Waals surface area contributed by atoms with Crippen molar-refractivity contribution < 1.29 is 32.7 Å².